The monoisotopic (exact) mass is 534 g/mol. The van der Waals surface area contributed by atoms with E-state index in [1.54, 1.807) is 12.1 Å². The minimum absolute atomic E-state index is 0. The molecule has 0 aliphatic heterocycles. The summed E-state index contributed by atoms with van der Waals surface area (Å²) in [5, 5.41) is 10.9. The third-order valence-corrected chi connectivity index (χ3v) is 4.29. The summed E-state index contributed by atoms with van der Waals surface area (Å²) < 4.78 is 5.26. The number of guanidine groups is 1. The molecule has 2 rings (SSSR count). The van der Waals surface area contributed by atoms with Gasteiger partial charge in [-0.1, -0.05) is 16.8 Å². The molecule has 0 spiro atoms. The number of carbonyl (C=O) groups is 1. The molecule has 0 atom stereocenters. The van der Waals surface area contributed by atoms with Crippen molar-refractivity contribution >= 4 is 47.4 Å². The van der Waals surface area contributed by atoms with Crippen LogP contribution in [0.2, 0.25) is 5.02 Å². The first-order valence-electron chi connectivity index (χ1n) is 9.45. The van der Waals surface area contributed by atoms with Crippen LogP contribution in [0.3, 0.4) is 0 Å². The Morgan fingerprint density at radius 2 is 1.86 bits per heavy atom. The third kappa shape index (κ3) is 8.17. The van der Waals surface area contributed by atoms with Gasteiger partial charge in [0.05, 0.1) is 0 Å². The van der Waals surface area contributed by atoms with Crippen molar-refractivity contribution in [2.24, 2.45) is 4.99 Å². The number of nitrogens with one attached hydrogen (secondary N) is 2. The molecule has 2 aromatic rings. The highest BCUT2D eigenvalue weighted by Crippen LogP contribution is 2.18. The molecule has 0 aliphatic carbocycles. The van der Waals surface area contributed by atoms with Gasteiger partial charge in [-0.3, -0.25) is 4.79 Å². The lowest BCUT2D eigenvalue weighted by Crippen LogP contribution is -2.40. The quantitative estimate of drug-likeness (QED) is 0.291. The molecule has 0 fully saturated rings. The zero-order valence-electron chi connectivity index (χ0n) is 16.9. The van der Waals surface area contributed by atoms with Crippen LogP contribution in [0.1, 0.15) is 33.1 Å². The molecule has 10 heteroatoms. The molecule has 0 radical (unpaired) electrons. The summed E-state index contributed by atoms with van der Waals surface area (Å²) in [6.45, 7) is 8.81. The maximum atomic E-state index is 12.1. The van der Waals surface area contributed by atoms with Crippen molar-refractivity contribution in [3.63, 3.8) is 0 Å². The molecule has 1 amide bonds. The molecule has 0 saturated carbocycles. The minimum atomic E-state index is 0. The van der Waals surface area contributed by atoms with Crippen LogP contribution < -0.4 is 10.6 Å². The third-order valence-electron chi connectivity index (χ3n) is 4.03. The van der Waals surface area contributed by atoms with Crippen LogP contribution in [-0.4, -0.2) is 53.1 Å². The number of carbonyl (C=O) groups excluding carboxylic acids is 1. The zero-order chi connectivity index (χ0) is 20.4. The summed E-state index contributed by atoms with van der Waals surface area (Å²) >= 11 is 5.89. The van der Waals surface area contributed by atoms with Crippen LogP contribution in [0.15, 0.2) is 33.8 Å². The second-order valence-corrected chi connectivity index (χ2v) is 6.39. The Hall–Kier alpha value is -1.88. The van der Waals surface area contributed by atoms with Crippen molar-refractivity contribution in [1.29, 1.82) is 0 Å². The number of hydrogen-bond donors (Lipinski definition) is 2. The van der Waals surface area contributed by atoms with Gasteiger partial charge in [-0.2, -0.15) is 4.98 Å². The van der Waals surface area contributed by atoms with Crippen LogP contribution in [-0.2, 0) is 11.3 Å². The molecule has 0 saturated heterocycles. The minimum Gasteiger partial charge on any atom is -0.357 e. The maximum absolute atomic E-state index is 12.1. The van der Waals surface area contributed by atoms with E-state index in [2.05, 4.69) is 25.8 Å². The zero-order valence-corrected chi connectivity index (χ0v) is 20.0. The van der Waals surface area contributed by atoms with Crippen LogP contribution in [0.4, 0.5) is 0 Å². The highest BCUT2D eigenvalue weighted by molar-refractivity contribution is 14.0. The molecule has 0 aliphatic rings. The van der Waals surface area contributed by atoms with Crippen LogP contribution in [0.25, 0.3) is 11.4 Å². The number of nitrogens with zero attached hydrogens (tertiary/aromatic N) is 4. The van der Waals surface area contributed by atoms with Gasteiger partial charge in [-0.25, -0.2) is 4.99 Å². The summed E-state index contributed by atoms with van der Waals surface area (Å²) in [7, 11) is 0. The number of aromatic nitrogens is 2. The van der Waals surface area contributed by atoms with Crippen molar-refractivity contribution < 1.29 is 9.32 Å². The summed E-state index contributed by atoms with van der Waals surface area (Å²) in [4.78, 5) is 22.7. The van der Waals surface area contributed by atoms with Crippen molar-refractivity contribution in [3.05, 3.63) is 35.2 Å². The second kappa shape index (κ2) is 13.4. The highest BCUT2D eigenvalue weighted by atomic mass is 127. The van der Waals surface area contributed by atoms with Crippen LogP contribution in [0, 0.1) is 0 Å². The lowest BCUT2D eigenvalue weighted by atomic mass is 10.2. The number of rotatable bonds is 9. The largest absolute Gasteiger partial charge is 0.357 e. The summed E-state index contributed by atoms with van der Waals surface area (Å²) in [5.41, 5.74) is 0.823. The van der Waals surface area contributed by atoms with E-state index >= 15 is 0 Å². The van der Waals surface area contributed by atoms with E-state index in [0.29, 0.717) is 42.2 Å². The molecule has 0 bridgehead atoms. The van der Waals surface area contributed by atoms with Gasteiger partial charge in [0.2, 0.25) is 17.6 Å². The summed E-state index contributed by atoms with van der Waals surface area (Å²) in [5.74, 6) is 1.62. The first-order chi connectivity index (χ1) is 13.6. The average Bonchev–Trinajstić information content (AvgIpc) is 3.16. The standard InChI is InChI=1S/C19H27ClN6O2.HI/c1-4-21-19(22-12-11-17(27)26(5-2)6-3)23-13-16-24-18(25-28-16)14-7-9-15(20)10-8-14;/h7-10H,4-6,11-13H2,1-3H3,(H2,21,22,23);1H. The van der Waals surface area contributed by atoms with Gasteiger partial charge in [-0.05, 0) is 45.0 Å². The van der Waals surface area contributed by atoms with E-state index in [9.17, 15) is 4.79 Å². The SMILES string of the molecule is CCNC(=NCc1nc(-c2ccc(Cl)cc2)no1)NCCC(=O)N(CC)CC.I. The fourth-order valence-electron chi connectivity index (χ4n) is 2.55. The molecule has 29 heavy (non-hydrogen) atoms. The first-order valence-corrected chi connectivity index (χ1v) is 9.83. The fourth-order valence-corrected chi connectivity index (χ4v) is 2.67. The Bertz CT molecular complexity index is 777. The molecular formula is C19H28ClIN6O2. The van der Waals surface area contributed by atoms with Gasteiger partial charge in [0.1, 0.15) is 6.54 Å². The number of aliphatic imine (C=N–C) groups is 1. The Morgan fingerprint density at radius 3 is 2.48 bits per heavy atom. The van der Waals surface area contributed by atoms with Gasteiger partial charge in [0.15, 0.2) is 5.96 Å². The first kappa shape index (κ1) is 25.2. The van der Waals surface area contributed by atoms with Crippen molar-refractivity contribution in [1.82, 2.24) is 25.7 Å². The van der Waals surface area contributed by atoms with E-state index in [1.165, 1.54) is 0 Å². The molecule has 0 unspecified atom stereocenters. The summed E-state index contributed by atoms with van der Waals surface area (Å²) in [6, 6.07) is 7.22. The molecule has 2 N–H and O–H groups in total. The molecule has 1 heterocycles. The Labute approximate surface area is 193 Å². The number of benzene rings is 1. The van der Waals surface area contributed by atoms with Gasteiger partial charge in [-0.15, -0.1) is 24.0 Å². The normalized spacial score (nSPS) is 11.0. The lowest BCUT2D eigenvalue weighted by Gasteiger charge is -2.19. The lowest BCUT2D eigenvalue weighted by molar-refractivity contribution is -0.130. The predicted molar refractivity (Wildman–Crippen MR) is 126 cm³/mol. The Kier molecular flexibility index (Phi) is 11.6. The molecule has 1 aromatic carbocycles. The Morgan fingerprint density at radius 1 is 1.17 bits per heavy atom. The molecular weight excluding hydrogens is 507 g/mol. The second-order valence-electron chi connectivity index (χ2n) is 5.96. The molecule has 160 valence electrons. The van der Waals surface area contributed by atoms with Crippen molar-refractivity contribution in [3.8, 4) is 11.4 Å². The highest BCUT2D eigenvalue weighted by Gasteiger charge is 2.10. The van der Waals surface area contributed by atoms with Crippen LogP contribution in [0.5, 0.6) is 0 Å². The van der Waals surface area contributed by atoms with E-state index in [4.69, 9.17) is 16.1 Å². The fraction of sp³-hybridized carbons (Fsp3) is 0.474. The number of hydrogen-bond acceptors (Lipinski definition) is 5. The van der Waals surface area contributed by atoms with Crippen LogP contribution >= 0.6 is 35.6 Å². The van der Waals surface area contributed by atoms with Gasteiger partial charge in [0.25, 0.3) is 0 Å². The van der Waals surface area contributed by atoms with Crippen molar-refractivity contribution in [2.45, 2.75) is 33.7 Å². The van der Waals surface area contributed by atoms with Gasteiger partial charge >= 0.3 is 0 Å². The van der Waals surface area contributed by atoms with Crippen molar-refractivity contribution in [2.75, 3.05) is 26.2 Å². The number of halogens is 2. The van der Waals surface area contributed by atoms with E-state index in [-0.39, 0.29) is 36.4 Å². The smallest absolute Gasteiger partial charge is 0.248 e. The predicted octanol–water partition coefficient (Wildman–Crippen LogP) is 3.32. The topological polar surface area (TPSA) is 95.6 Å². The summed E-state index contributed by atoms with van der Waals surface area (Å²) in [6.07, 6.45) is 0.410. The average molecular weight is 535 g/mol. The van der Waals surface area contributed by atoms with E-state index in [1.807, 2.05) is 37.8 Å². The molecule has 8 nitrogen and oxygen atoms in total. The van der Waals surface area contributed by atoms with Gasteiger partial charge < -0.3 is 20.1 Å². The van der Waals surface area contributed by atoms with Gasteiger partial charge in [0, 0.05) is 43.2 Å². The number of amides is 1. The Balaban J connectivity index is 0.00000420. The van der Waals surface area contributed by atoms with E-state index in [0.717, 1.165) is 18.7 Å². The van der Waals surface area contributed by atoms with E-state index < -0.39 is 0 Å². The molecule has 1 aromatic heterocycles. The maximum Gasteiger partial charge on any atom is 0.248 e.